The summed E-state index contributed by atoms with van der Waals surface area (Å²) < 4.78 is 68.7. The Hall–Kier alpha value is -4.02. The molecule has 17 nitrogen and oxygen atoms in total. The molecule has 0 aromatic rings. The number of phosphoric acid groups is 2. The van der Waals surface area contributed by atoms with Crippen LogP contribution in [0, 0.1) is 0 Å². The highest BCUT2D eigenvalue weighted by Gasteiger charge is 2.30. The van der Waals surface area contributed by atoms with Crippen molar-refractivity contribution >= 4 is 39.5 Å². The first-order chi connectivity index (χ1) is 51.7. The van der Waals surface area contributed by atoms with E-state index in [1.165, 1.54) is 186 Å². The summed E-state index contributed by atoms with van der Waals surface area (Å²) in [7, 11) is -9.99. The molecule has 0 spiro atoms. The van der Waals surface area contributed by atoms with E-state index < -0.39 is 97.5 Å². The van der Waals surface area contributed by atoms with E-state index in [4.69, 9.17) is 37.0 Å². The molecule has 0 bridgehead atoms. The maximum atomic E-state index is 13.1. The number of carbonyl (C=O) groups is 4. The van der Waals surface area contributed by atoms with Gasteiger partial charge in [0.1, 0.15) is 19.3 Å². The van der Waals surface area contributed by atoms with E-state index in [1.54, 1.807) is 0 Å². The Morgan fingerprint density at radius 3 is 0.755 bits per heavy atom. The van der Waals surface area contributed by atoms with Gasteiger partial charge in [0.25, 0.3) is 0 Å². The number of rotatable bonds is 80. The first-order valence-electron chi connectivity index (χ1n) is 42.5. The van der Waals surface area contributed by atoms with Crippen LogP contribution in [0.2, 0.25) is 0 Å². The normalized spacial score (nSPS) is 14.3. The fourth-order valence-electron chi connectivity index (χ4n) is 11.6. The Morgan fingerprint density at radius 2 is 0.472 bits per heavy atom. The summed E-state index contributed by atoms with van der Waals surface area (Å²) in [6.45, 7) is 4.77. The van der Waals surface area contributed by atoms with Gasteiger partial charge in [0.15, 0.2) is 12.2 Å². The van der Waals surface area contributed by atoms with Crippen molar-refractivity contribution in [1.82, 2.24) is 0 Å². The topological polar surface area (TPSA) is 237 Å². The zero-order valence-corrected chi connectivity index (χ0v) is 69.1. The summed E-state index contributed by atoms with van der Waals surface area (Å²) in [4.78, 5) is 73.1. The van der Waals surface area contributed by atoms with Crippen molar-refractivity contribution in [3.05, 3.63) is 97.2 Å². The molecule has 0 aromatic heterocycles. The fraction of sp³-hybridized carbons (Fsp3) is 0.770. The second-order valence-corrected chi connectivity index (χ2v) is 31.3. The van der Waals surface area contributed by atoms with Gasteiger partial charge in [-0.05, 0) is 103 Å². The van der Waals surface area contributed by atoms with Gasteiger partial charge in [0.05, 0.1) is 26.4 Å². The third-order valence-corrected chi connectivity index (χ3v) is 20.0. The van der Waals surface area contributed by atoms with Crippen molar-refractivity contribution in [2.24, 2.45) is 0 Å². The Bertz CT molecular complexity index is 2380. The number of esters is 4. The third kappa shape index (κ3) is 78.1. The van der Waals surface area contributed by atoms with Gasteiger partial charge < -0.3 is 33.8 Å². The highest BCUT2D eigenvalue weighted by atomic mass is 31.2. The lowest BCUT2D eigenvalue weighted by Gasteiger charge is -2.21. The van der Waals surface area contributed by atoms with Gasteiger partial charge in [-0.2, -0.15) is 0 Å². The van der Waals surface area contributed by atoms with Crippen LogP contribution in [-0.4, -0.2) is 96.7 Å². The van der Waals surface area contributed by atoms with Crippen LogP contribution in [0.4, 0.5) is 0 Å². The molecule has 614 valence electrons. The average Bonchev–Trinajstić information content (AvgIpc) is 0.905. The standard InChI is InChI=1S/C87H154O17P2/c1-5-9-13-17-21-25-29-33-37-40-44-48-52-56-60-64-68-72-85(90)98-78-83(104-87(92)74-70-66-62-58-54-50-46-42-39-35-31-27-23-19-15-11-7-3)80-102-106(95,96)100-76-81(88)75-99-105(93,94)101-79-82(77-97-84(89)71-67-63-59-55-51-47-43-36-32-28-24-20-16-12-8-4)103-86(91)73-69-65-61-57-53-49-45-41-38-34-30-26-22-18-14-10-6-2/h21,23,25,27,33,35,37,39,44,46,48,50,56,58,60,62,81-83,88H,5-20,22,24,26,28-32,34,36,38,40-43,45,47,49,51-55,57,59,61,63-80H2,1-4H3,(H,93,94)(H,95,96)/b25-21-,27-23-,37-33-,39-35-,48-44-,50-46-,60-56-,62-58-/t81-,82+,83+/m0/s1. The summed E-state index contributed by atoms with van der Waals surface area (Å²) >= 11 is 0. The molecular formula is C87H154O17P2. The summed E-state index contributed by atoms with van der Waals surface area (Å²) in [5, 5.41) is 10.7. The van der Waals surface area contributed by atoms with Crippen molar-refractivity contribution in [3.63, 3.8) is 0 Å². The second-order valence-electron chi connectivity index (χ2n) is 28.4. The van der Waals surface area contributed by atoms with Crippen molar-refractivity contribution in [2.75, 3.05) is 39.6 Å². The molecule has 0 fully saturated rings. The Balaban J connectivity index is 5.44. The molecule has 5 atom stereocenters. The number of hydrogen-bond acceptors (Lipinski definition) is 15. The molecule has 3 N–H and O–H groups in total. The maximum Gasteiger partial charge on any atom is 0.472 e. The second kappa shape index (κ2) is 79.1. The van der Waals surface area contributed by atoms with Gasteiger partial charge >= 0.3 is 39.5 Å². The highest BCUT2D eigenvalue weighted by molar-refractivity contribution is 7.47. The van der Waals surface area contributed by atoms with Crippen LogP contribution in [-0.2, 0) is 65.4 Å². The number of aliphatic hydroxyl groups is 1. The molecule has 2 unspecified atom stereocenters. The van der Waals surface area contributed by atoms with Gasteiger partial charge in [0, 0.05) is 25.7 Å². The summed E-state index contributed by atoms with van der Waals surface area (Å²) in [5.41, 5.74) is 0. The van der Waals surface area contributed by atoms with Gasteiger partial charge in [-0.3, -0.25) is 37.3 Å². The molecule has 106 heavy (non-hydrogen) atoms. The molecule has 0 aliphatic rings. The van der Waals surface area contributed by atoms with E-state index in [2.05, 4.69) is 101 Å². The van der Waals surface area contributed by atoms with E-state index in [0.29, 0.717) is 38.5 Å². The molecule has 0 aliphatic carbocycles. The predicted octanol–water partition coefficient (Wildman–Crippen LogP) is 25.1. The van der Waals surface area contributed by atoms with Crippen LogP contribution >= 0.6 is 15.6 Å². The minimum absolute atomic E-state index is 0.00789. The quantitative estimate of drug-likeness (QED) is 0.0169. The number of carbonyl (C=O) groups excluding carboxylic acids is 4. The molecule has 0 amide bonds. The monoisotopic (exact) mass is 1530 g/mol. The van der Waals surface area contributed by atoms with Crippen LogP contribution in [0.15, 0.2) is 97.2 Å². The fourth-order valence-corrected chi connectivity index (χ4v) is 13.1. The maximum absolute atomic E-state index is 13.1. The smallest absolute Gasteiger partial charge is 0.462 e. The lowest BCUT2D eigenvalue weighted by atomic mass is 10.0. The van der Waals surface area contributed by atoms with Crippen molar-refractivity contribution in [1.29, 1.82) is 0 Å². The zero-order chi connectivity index (χ0) is 77.4. The summed E-state index contributed by atoms with van der Waals surface area (Å²) in [6.07, 6.45) is 85.3. The van der Waals surface area contributed by atoms with Crippen LogP contribution < -0.4 is 0 Å². The predicted molar refractivity (Wildman–Crippen MR) is 436 cm³/mol. The minimum atomic E-state index is -5.00. The summed E-state index contributed by atoms with van der Waals surface area (Å²) in [5.74, 6) is -2.28. The SMILES string of the molecule is CCCCC/C=C\C/C=C\C/C=C\C/C=C\CCCC(=O)OC[C@H](COP(=O)(O)OC[C@@H](O)COP(=O)(O)OC[C@@H](COC(=O)CCCCCCCCCCCCCCCCC)OC(=O)CCCCCCCCCCCCCCCCCCC)OC(=O)CCC/C=C\C/C=C\C/C=C\C/C=C\CCCCC. The number of unbranched alkanes of at least 4 members (excludes halogenated alkanes) is 38. The molecule has 0 aromatic carbocycles. The first-order valence-corrected chi connectivity index (χ1v) is 45.5. The largest absolute Gasteiger partial charge is 0.472 e. The van der Waals surface area contributed by atoms with E-state index in [0.717, 1.165) is 96.3 Å². The molecule has 0 radical (unpaired) electrons. The average molecular weight is 1530 g/mol. The van der Waals surface area contributed by atoms with Crippen molar-refractivity contribution in [3.8, 4) is 0 Å². The Morgan fingerprint density at radius 1 is 0.264 bits per heavy atom. The van der Waals surface area contributed by atoms with Crippen LogP contribution in [0.5, 0.6) is 0 Å². The molecule has 0 saturated carbocycles. The number of aliphatic hydroxyl groups excluding tert-OH is 1. The molecule has 0 heterocycles. The van der Waals surface area contributed by atoms with E-state index >= 15 is 0 Å². The van der Waals surface area contributed by atoms with E-state index in [1.807, 2.05) is 24.3 Å². The Kier molecular flexibility index (Phi) is 76.1. The molecule has 0 aliphatic heterocycles. The van der Waals surface area contributed by atoms with E-state index in [9.17, 15) is 43.2 Å². The van der Waals surface area contributed by atoms with Crippen LogP contribution in [0.3, 0.4) is 0 Å². The number of hydrogen-bond donors (Lipinski definition) is 3. The third-order valence-electron chi connectivity index (χ3n) is 18.1. The lowest BCUT2D eigenvalue weighted by Crippen LogP contribution is -2.30. The van der Waals surface area contributed by atoms with Gasteiger partial charge in [-0.25, -0.2) is 9.13 Å². The zero-order valence-electron chi connectivity index (χ0n) is 67.3. The van der Waals surface area contributed by atoms with Crippen LogP contribution in [0.1, 0.15) is 374 Å². The van der Waals surface area contributed by atoms with E-state index in [-0.39, 0.29) is 25.7 Å². The highest BCUT2D eigenvalue weighted by Crippen LogP contribution is 2.45. The van der Waals surface area contributed by atoms with Crippen LogP contribution in [0.25, 0.3) is 0 Å². The molecule has 19 heteroatoms. The van der Waals surface area contributed by atoms with Gasteiger partial charge in [0.2, 0.25) is 0 Å². The molecule has 0 saturated heterocycles. The molecule has 0 rings (SSSR count). The van der Waals surface area contributed by atoms with Gasteiger partial charge in [-0.1, -0.05) is 343 Å². The summed E-state index contributed by atoms with van der Waals surface area (Å²) in [6, 6.07) is 0. The van der Waals surface area contributed by atoms with Crippen molar-refractivity contribution < 1.29 is 80.2 Å². The number of allylic oxidation sites excluding steroid dienone is 16. The van der Waals surface area contributed by atoms with Crippen molar-refractivity contribution in [2.45, 2.75) is 393 Å². The number of phosphoric ester groups is 2. The number of ether oxygens (including phenoxy) is 4. The lowest BCUT2D eigenvalue weighted by molar-refractivity contribution is -0.161. The van der Waals surface area contributed by atoms with Gasteiger partial charge in [-0.15, -0.1) is 0 Å². The Labute approximate surface area is 646 Å². The first kappa shape index (κ1) is 102. The molecular weight excluding hydrogens is 1380 g/mol. The minimum Gasteiger partial charge on any atom is -0.462 e.